The molecule has 2 amide bonds. The van der Waals surface area contributed by atoms with Crippen molar-refractivity contribution in [2.24, 2.45) is 0 Å². The van der Waals surface area contributed by atoms with Gasteiger partial charge in [-0.3, -0.25) is 4.79 Å². The zero-order valence-corrected chi connectivity index (χ0v) is 10.3. The van der Waals surface area contributed by atoms with Gasteiger partial charge < -0.3 is 19.6 Å². The number of hydrogen-bond donors (Lipinski definition) is 1. The van der Waals surface area contributed by atoms with Crippen LogP contribution in [-0.2, 0) is 9.53 Å². The Morgan fingerprint density at radius 1 is 1.33 bits per heavy atom. The fourth-order valence-electron chi connectivity index (χ4n) is 2.87. The molecule has 0 radical (unpaired) electrons. The van der Waals surface area contributed by atoms with Crippen molar-refractivity contribution in [1.82, 2.24) is 9.80 Å². The molecule has 0 unspecified atom stereocenters. The largest absolute Gasteiger partial charge is 0.465 e. The summed E-state index contributed by atoms with van der Waals surface area (Å²) < 4.78 is 5.74. The molecule has 6 nitrogen and oxygen atoms in total. The molecule has 3 aliphatic rings. The Morgan fingerprint density at radius 2 is 2.00 bits per heavy atom. The quantitative estimate of drug-likeness (QED) is 0.740. The van der Waals surface area contributed by atoms with Crippen LogP contribution >= 0.6 is 0 Å². The van der Waals surface area contributed by atoms with Gasteiger partial charge in [-0.1, -0.05) is 0 Å². The van der Waals surface area contributed by atoms with Gasteiger partial charge in [0.1, 0.15) is 6.61 Å². The van der Waals surface area contributed by atoms with Crippen LogP contribution in [0.25, 0.3) is 0 Å². The molecule has 0 atom stereocenters. The van der Waals surface area contributed by atoms with Crippen molar-refractivity contribution in [2.75, 3.05) is 26.2 Å². The van der Waals surface area contributed by atoms with Gasteiger partial charge in [-0.25, -0.2) is 4.79 Å². The first kappa shape index (κ1) is 11.8. The summed E-state index contributed by atoms with van der Waals surface area (Å²) in [4.78, 5) is 26.0. The average molecular weight is 254 g/mol. The van der Waals surface area contributed by atoms with E-state index in [-0.39, 0.29) is 18.1 Å². The Morgan fingerprint density at radius 3 is 2.56 bits per heavy atom. The molecule has 3 fully saturated rings. The SMILES string of the molecule is O=C(O)N1CCC2(CC1)CN(C1CC1)C(=O)CO2. The van der Waals surface area contributed by atoms with E-state index in [1.54, 1.807) is 0 Å². The van der Waals surface area contributed by atoms with Gasteiger partial charge in [0.05, 0.1) is 12.1 Å². The van der Waals surface area contributed by atoms with E-state index < -0.39 is 6.09 Å². The summed E-state index contributed by atoms with van der Waals surface area (Å²) in [5.41, 5.74) is -0.303. The zero-order chi connectivity index (χ0) is 12.8. The van der Waals surface area contributed by atoms with Gasteiger partial charge in [-0.2, -0.15) is 0 Å². The van der Waals surface area contributed by atoms with Crippen molar-refractivity contribution >= 4 is 12.0 Å². The van der Waals surface area contributed by atoms with Crippen LogP contribution in [-0.4, -0.2) is 64.8 Å². The minimum Gasteiger partial charge on any atom is -0.465 e. The summed E-state index contributed by atoms with van der Waals surface area (Å²) in [5, 5.41) is 8.94. The molecule has 6 heteroatoms. The Labute approximate surface area is 105 Å². The summed E-state index contributed by atoms with van der Waals surface area (Å²) in [7, 11) is 0. The highest BCUT2D eigenvalue weighted by atomic mass is 16.5. The normalized spacial score (nSPS) is 27.7. The highest BCUT2D eigenvalue weighted by Gasteiger charge is 2.46. The van der Waals surface area contributed by atoms with E-state index in [1.807, 2.05) is 4.90 Å². The van der Waals surface area contributed by atoms with Crippen molar-refractivity contribution < 1.29 is 19.4 Å². The van der Waals surface area contributed by atoms with Gasteiger partial charge in [0, 0.05) is 19.1 Å². The molecule has 2 heterocycles. The Hall–Kier alpha value is -1.30. The van der Waals surface area contributed by atoms with Crippen molar-refractivity contribution in [1.29, 1.82) is 0 Å². The number of ether oxygens (including phenoxy) is 1. The maximum absolute atomic E-state index is 11.8. The first-order chi connectivity index (χ1) is 8.60. The minimum absolute atomic E-state index is 0.0868. The second-order valence-electron chi connectivity index (χ2n) is 5.49. The summed E-state index contributed by atoms with van der Waals surface area (Å²) in [6, 6.07) is 0.413. The second-order valence-corrected chi connectivity index (χ2v) is 5.49. The van der Waals surface area contributed by atoms with Crippen LogP contribution in [0.4, 0.5) is 4.79 Å². The number of nitrogens with zero attached hydrogens (tertiary/aromatic N) is 2. The van der Waals surface area contributed by atoms with Gasteiger partial charge in [-0.05, 0) is 25.7 Å². The molecule has 100 valence electrons. The van der Waals surface area contributed by atoms with E-state index in [4.69, 9.17) is 9.84 Å². The second kappa shape index (κ2) is 4.12. The van der Waals surface area contributed by atoms with E-state index in [9.17, 15) is 9.59 Å². The Bertz CT molecular complexity index is 372. The smallest absolute Gasteiger partial charge is 0.407 e. The highest BCUT2D eigenvalue weighted by Crippen LogP contribution is 2.36. The molecule has 3 rings (SSSR count). The average Bonchev–Trinajstić information content (AvgIpc) is 3.17. The molecular weight excluding hydrogens is 236 g/mol. The van der Waals surface area contributed by atoms with Gasteiger partial charge in [0.15, 0.2) is 0 Å². The Balaban J connectivity index is 1.65. The molecule has 0 bridgehead atoms. The maximum Gasteiger partial charge on any atom is 0.407 e. The molecule has 0 aromatic carbocycles. The predicted molar refractivity (Wildman–Crippen MR) is 62.2 cm³/mol. The summed E-state index contributed by atoms with van der Waals surface area (Å²) in [6.07, 6.45) is 2.72. The lowest BCUT2D eigenvalue weighted by Crippen LogP contribution is -2.59. The number of rotatable bonds is 1. The molecule has 0 aromatic heterocycles. The predicted octanol–water partition coefficient (Wildman–Crippen LogP) is 0.520. The third-order valence-corrected chi connectivity index (χ3v) is 4.21. The fourth-order valence-corrected chi connectivity index (χ4v) is 2.87. The zero-order valence-electron chi connectivity index (χ0n) is 10.3. The molecule has 1 aliphatic carbocycles. The van der Waals surface area contributed by atoms with Crippen LogP contribution < -0.4 is 0 Å². The summed E-state index contributed by atoms with van der Waals surface area (Å²) in [6.45, 7) is 1.80. The molecule has 1 saturated carbocycles. The van der Waals surface area contributed by atoms with Crippen molar-refractivity contribution in [2.45, 2.75) is 37.3 Å². The lowest BCUT2D eigenvalue weighted by molar-refractivity contribution is -0.171. The van der Waals surface area contributed by atoms with E-state index in [0.717, 1.165) is 12.8 Å². The molecule has 2 aliphatic heterocycles. The number of carbonyl (C=O) groups is 2. The number of carbonyl (C=O) groups excluding carboxylic acids is 1. The topological polar surface area (TPSA) is 70.1 Å². The van der Waals surface area contributed by atoms with Gasteiger partial charge in [0.25, 0.3) is 0 Å². The van der Waals surface area contributed by atoms with E-state index >= 15 is 0 Å². The lowest BCUT2D eigenvalue weighted by atomic mass is 9.89. The van der Waals surface area contributed by atoms with E-state index in [1.165, 1.54) is 4.90 Å². The molecule has 18 heavy (non-hydrogen) atoms. The van der Waals surface area contributed by atoms with Crippen LogP contribution in [0.3, 0.4) is 0 Å². The van der Waals surface area contributed by atoms with Crippen LogP contribution in [0.2, 0.25) is 0 Å². The fraction of sp³-hybridized carbons (Fsp3) is 0.833. The number of hydrogen-bond acceptors (Lipinski definition) is 3. The van der Waals surface area contributed by atoms with Crippen LogP contribution in [0.5, 0.6) is 0 Å². The van der Waals surface area contributed by atoms with Gasteiger partial charge in [-0.15, -0.1) is 0 Å². The number of morpholine rings is 1. The monoisotopic (exact) mass is 254 g/mol. The standard InChI is InChI=1S/C12H18N2O4/c15-10-7-18-12(8-14(10)9-1-2-9)3-5-13(6-4-12)11(16)17/h9H,1-8H2,(H,16,17). The van der Waals surface area contributed by atoms with Gasteiger partial charge in [0.2, 0.25) is 5.91 Å². The van der Waals surface area contributed by atoms with Crippen LogP contribution in [0.15, 0.2) is 0 Å². The lowest BCUT2D eigenvalue weighted by Gasteiger charge is -2.46. The third kappa shape index (κ3) is 2.05. The number of amides is 2. The summed E-state index contributed by atoms with van der Waals surface area (Å²) in [5.74, 6) is 0.0868. The van der Waals surface area contributed by atoms with Crippen LogP contribution in [0.1, 0.15) is 25.7 Å². The highest BCUT2D eigenvalue weighted by molar-refractivity contribution is 5.79. The number of likely N-dealkylation sites (tertiary alicyclic amines) is 1. The molecule has 0 aromatic rings. The Kier molecular flexibility index (Phi) is 2.69. The molecule has 1 N–H and O–H groups in total. The van der Waals surface area contributed by atoms with Crippen molar-refractivity contribution in [3.05, 3.63) is 0 Å². The third-order valence-electron chi connectivity index (χ3n) is 4.21. The molecular formula is C12H18N2O4. The summed E-state index contributed by atoms with van der Waals surface area (Å²) >= 11 is 0. The minimum atomic E-state index is -0.865. The molecule has 2 saturated heterocycles. The first-order valence-corrected chi connectivity index (χ1v) is 6.51. The first-order valence-electron chi connectivity index (χ1n) is 6.51. The van der Waals surface area contributed by atoms with E-state index in [2.05, 4.69) is 0 Å². The number of carboxylic acid groups (broad SMARTS) is 1. The number of piperidine rings is 1. The molecule has 1 spiro atoms. The van der Waals surface area contributed by atoms with E-state index in [0.29, 0.717) is 38.5 Å². The maximum atomic E-state index is 11.8. The van der Waals surface area contributed by atoms with Gasteiger partial charge >= 0.3 is 6.09 Å². The van der Waals surface area contributed by atoms with Crippen molar-refractivity contribution in [3.8, 4) is 0 Å². The van der Waals surface area contributed by atoms with Crippen molar-refractivity contribution in [3.63, 3.8) is 0 Å². The van der Waals surface area contributed by atoms with Crippen LogP contribution in [0, 0.1) is 0 Å².